The number of amides is 2. The average Bonchev–Trinajstić information content (AvgIpc) is 2.55. The van der Waals surface area contributed by atoms with Crippen molar-refractivity contribution in [3.05, 3.63) is 35.9 Å². The van der Waals surface area contributed by atoms with Crippen LogP contribution in [0.25, 0.3) is 0 Å². The van der Waals surface area contributed by atoms with Gasteiger partial charge in [0.25, 0.3) is 5.91 Å². The summed E-state index contributed by atoms with van der Waals surface area (Å²) < 4.78 is 0. The number of carbonyl (C=O) groups is 3. The molecule has 3 N–H and O–H groups in total. The first-order chi connectivity index (χ1) is 11.0. The average molecular weight is 320 g/mol. The lowest BCUT2D eigenvalue weighted by molar-refractivity contribution is -0.142. The Kier molecular flexibility index (Phi) is 8.42. The topological polar surface area (TPSA) is 95.5 Å². The number of hydrogen-bond donors (Lipinski definition) is 3. The lowest BCUT2D eigenvalue weighted by atomic mass is 10.1. The molecule has 6 nitrogen and oxygen atoms in total. The standard InChI is InChI=1S/C17H24N2O4/c1-2-3-10-14(17(22)23)19-15(20)11-7-12-18-16(21)13-8-5-4-6-9-13/h4-6,8-9,14H,2-3,7,10-12H2,1H3,(H,18,21)(H,19,20)(H,22,23). The van der Waals surface area contributed by atoms with Crippen LogP contribution >= 0.6 is 0 Å². The summed E-state index contributed by atoms with van der Waals surface area (Å²) in [6.45, 7) is 2.34. The number of nitrogens with one attached hydrogen (secondary N) is 2. The van der Waals surface area contributed by atoms with Gasteiger partial charge in [-0.25, -0.2) is 4.79 Å². The second kappa shape index (κ2) is 10.4. The Balaban J connectivity index is 2.25. The molecule has 0 heterocycles. The number of aliphatic carboxylic acids is 1. The van der Waals surface area contributed by atoms with Crippen LogP contribution < -0.4 is 10.6 Å². The normalized spacial score (nSPS) is 11.5. The first kappa shape index (κ1) is 18.7. The van der Waals surface area contributed by atoms with Gasteiger partial charge in [0.05, 0.1) is 0 Å². The molecule has 0 aromatic heterocycles. The highest BCUT2D eigenvalue weighted by atomic mass is 16.4. The molecule has 1 atom stereocenters. The molecule has 0 fully saturated rings. The molecule has 1 unspecified atom stereocenters. The third-order valence-corrected chi connectivity index (χ3v) is 3.38. The van der Waals surface area contributed by atoms with Crippen molar-refractivity contribution < 1.29 is 19.5 Å². The third kappa shape index (κ3) is 7.44. The van der Waals surface area contributed by atoms with Gasteiger partial charge in [-0.3, -0.25) is 9.59 Å². The summed E-state index contributed by atoms with van der Waals surface area (Å²) in [5.41, 5.74) is 0.572. The Morgan fingerprint density at radius 3 is 2.43 bits per heavy atom. The summed E-state index contributed by atoms with van der Waals surface area (Å²) in [7, 11) is 0. The Morgan fingerprint density at radius 2 is 1.83 bits per heavy atom. The minimum Gasteiger partial charge on any atom is -0.480 e. The zero-order valence-electron chi connectivity index (χ0n) is 13.4. The van der Waals surface area contributed by atoms with Crippen molar-refractivity contribution in [3.63, 3.8) is 0 Å². The number of rotatable bonds is 10. The van der Waals surface area contributed by atoms with E-state index in [2.05, 4.69) is 10.6 Å². The van der Waals surface area contributed by atoms with Crippen molar-refractivity contribution in [2.75, 3.05) is 6.54 Å². The summed E-state index contributed by atoms with van der Waals surface area (Å²) in [6.07, 6.45) is 2.72. The van der Waals surface area contributed by atoms with Gasteiger partial charge in [-0.2, -0.15) is 0 Å². The molecular weight excluding hydrogens is 296 g/mol. The monoisotopic (exact) mass is 320 g/mol. The van der Waals surface area contributed by atoms with Gasteiger partial charge in [0.2, 0.25) is 5.91 Å². The van der Waals surface area contributed by atoms with E-state index in [1.807, 2.05) is 13.0 Å². The molecule has 0 saturated heterocycles. The molecule has 1 aromatic carbocycles. The highest BCUT2D eigenvalue weighted by molar-refractivity contribution is 5.94. The molecule has 1 aromatic rings. The minimum atomic E-state index is -1.01. The molecule has 23 heavy (non-hydrogen) atoms. The lowest BCUT2D eigenvalue weighted by Gasteiger charge is -2.14. The molecular formula is C17H24N2O4. The van der Waals surface area contributed by atoms with Crippen LogP contribution in [0, 0.1) is 0 Å². The second-order valence-corrected chi connectivity index (χ2v) is 5.33. The molecule has 0 spiro atoms. The van der Waals surface area contributed by atoms with Gasteiger partial charge in [-0.15, -0.1) is 0 Å². The van der Waals surface area contributed by atoms with Crippen molar-refractivity contribution in [2.45, 2.75) is 45.1 Å². The van der Waals surface area contributed by atoms with Gasteiger partial charge >= 0.3 is 5.97 Å². The number of carboxylic acids is 1. The molecule has 0 aliphatic rings. The number of carbonyl (C=O) groups excluding carboxylic acids is 2. The van der Waals surface area contributed by atoms with E-state index in [0.29, 0.717) is 24.9 Å². The van der Waals surface area contributed by atoms with Gasteiger partial charge in [-0.05, 0) is 25.0 Å². The van der Waals surface area contributed by atoms with Crippen LogP contribution in [-0.2, 0) is 9.59 Å². The lowest BCUT2D eigenvalue weighted by Crippen LogP contribution is -2.40. The maximum Gasteiger partial charge on any atom is 0.326 e. The van der Waals surface area contributed by atoms with Gasteiger partial charge in [0.15, 0.2) is 0 Å². The summed E-state index contributed by atoms with van der Waals surface area (Å²) in [5.74, 6) is -1.50. The van der Waals surface area contributed by atoms with Gasteiger partial charge in [-0.1, -0.05) is 38.0 Å². The molecule has 0 aliphatic carbocycles. The second-order valence-electron chi connectivity index (χ2n) is 5.33. The van der Waals surface area contributed by atoms with Crippen LogP contribution in [0.15, 0.2) is 30.3 Å². The Labute approximate surface area is 136 Å². The van der Waals surface area contributed by atoms with E-state index in [-0.39, 0.29) is 18.2 Å². The van der Waals surface area contributed by atoms with Gasteiger partial charge in [0, 0.05) is 18.5 Å². The summed E-state index contributed by atoms with van der Waals surface area (Å²) in [6, 6.07) is 8.00. The molecule has 6 heteroatoms. The summed E-state index contributed by atoms with van der Waals surface area (Å²) in [5, 5.41) is 14.3. The maximum absolute atomic E-state index is 11.8. The van der Waals surface area contributed by atoms with Gasteiger partial charge < -0.3 is 15.7 Å². The summed E-state index contributed by atoms with van der Waals surface area (Å²) >= 11 is 0. The fourth-order valence-corrected chi connectivity index (χ4v) is 2.07. The molecule has 0 saturated carbocycles. The zero-order chi connectivity index (χ0) is 17.1. The van der Waals surface area contributed by atoms with E-state index >= 15 is 0 Å². The van der Waals surface area contributed by atoms with E-state index in [9.17, 15) is 14.4 Å². The molecule has 0 aliphatic heterocycles. The van der Waals surface area contributed by atoms with Crippen LogP contribution in [0.2, 0.25) is 0 Å². The van der Waals surface area contributed by atoms with Crippen molar-refractivity contribution in [2.24, 2.45) is 0 Å². The quantitative estimate of drug-likeness (QED) is 0.574. The smallest absolute Gasteiger partial charge is 0.326 e. The van der Waals surface area contributed by atoms with Crippen molar-refractivity contribution in [1.29, 1.82) is 0 Å². The molecule has 0 radical (unpaired) electrons. The third-order valence-electron chi connectivity index (χ3n) is 3.38. The van der Waals surface area contributed by atoms with Crippen molar-refractivity contribution >= 4 is 17.8 Å². The highest BCUT2D eigenvalue weighted by Gasteiger charge is 2.18. The molecule has 126 valence electrons. The fraction of sp³-hybridized carbons (Fsp3) is 0.471. The predicted molar refractivity (Wildman–Crippen MR) is 87.1 cm³/mol. The largest absolute Gasteiger partial charge is 0.480 e. The first-order valence-corrected chi connectivity index (χ1v) is 7.90. The van der Waals surface area contributed by atoms with Crippen molar-refractivity contribution in [3.8, 4) is 0 Å². The fourth-order valence-electron chi connectivity index (χ4n) is 2.07. The van der Waals surface area contributed by atoms with E-state index < -0.39 is 12.0 Å². The first-order valence-electron chi connectivity index (χ1n) is 7.90. The Morgan fingerprint density at radius 1 is 1.13 bits per heavy atom. The number of carboxylic acid groups (broad SMARTS) is 1. The minimum absolute atomic E-state index is 0.183. The van der Waals surface area contributed by atoms with Crippen molar-refractivity contribution in [1.82, 2.24) is 10.6 Å². The van der Waals surface area contributed by atoms with E-state index in [1.54, 1.807) is 24.3 Å². The Hall–Kier alpha value is -2.37. The molecule has 2 amide bonds. The Bertz CT molecular complexity index is 517. The number of hydrogen-bond acceptors (Lipinski definition) is 3. The van der Waals surface area contributed by atoms with Crippen LogP contribution in [-0.4, -0.2) is 35.5 Å². The van der Waals surface area contributed by atoms with Gasteiger partial charge in [0.1, 0.15) is 6.04 Å². The van der Waals surface area contributed by atoms with Crippen LogP contribution in [0.1, 0.15) is 49.4 Å². The van der Waals surface area contributed by atoms with Crippen LogP contribution in [0.5, 0.6) is 0 Å². The molecule has 1 rings (SSSR count). The predicted octanol–water partition coefficient (Wildman–Crippen LogP) is 1.96. The van der Waals surface area contributed by atoms with E-state index in [4.69, 9.17) is 5.11 Å². The number of unbranched alkanes of at least 4 members (excludes halogenated alkanes) is 1. The van der Waals surface area contributed by atoms with E-state index in [1.165, 1.54) is 0 Å². The SMILES string of the molecule is CCCCC(NC(=O)CCCNC(=O)c1ccccc1)C(=O)O. The zero-order valence-corrected chi connectivity index (χ0v) is 13.4. The number of benzene rings is 1. The summed E-state index contributed by atoms with van der Waals surface area (Å²) in [4.78, 5) is 34.6. The molecule has 0 bridgehead atoms. The van der Waals surface area contributed by atoms with E-state index in [0.717, 1.165) is 12.8 Å². The highest BCUT2D eigenvalue weighted by Crippen LogP contribution is 2.02. The van der Waals surface area contributed by atoms with Crippen LogP contribution in [0.3, 0.4) is 0 Å². The maximum atomic E-state index is 11.8. The van der Waals surface area contributed by atoms with Crippen LogP contribution in [0.4, 0.5) is 0 Å².